The molecule has 0 amide bonds. The van der Waals surface area contributed by atoms with Gasteiger partial charge in [-0.2, -0.15) is 0 Å². The van der Waals surface area contributed by atoms with Gasteiger partial charge in [0.15, 0.2) is 0 Å². The Balaban J connectivity index is 3.37. The lowest BCUT2D eigenvalue weighted by atomic mass is 10.1. The third-order valence-corrected chi connectivity index (χ3v) is 2.90. The van der Waals surface area contributed by atoms with Gasteiger partial charge in [-0.3, -0.25) is 0 Å². The highest BCUT2D eigenvalue weighted by Gasteiger charge is 2.09. The molecule has 0 heterocycles. The molecule has 0 bridgehead atoms. The van der Waals surface area contributed by atoms with Crippen molar-refractivity contribution in [2.75, 3.05) is 7.05 Å². The maximum absolute atomic E-state index is 12.7. The van der Waals surface area contributed by atoms with E-state index in [0.717, 1.165) is 6.42 Å². The predicted octanol–water partition coefficient (Wildman–Crippen LogP) is 3.19. The van der Waals surface area contributed by atoms with Crippen molar-refractivity contribution in [1.82, 2.24) is 3.11 Å². The Morgan fingerprint density at radius 3 is 2.36 bits per heavy atom. The lowest BCUT2D eigenvalue weighted by Crippen LogP contribution is -2.19. The van der Waals surface area contributed by atoms with Crippen LogP contribution in [0.5, 0.6) is 0 Å². The SMILES string of the molecule is CCC(F)CC[C@H](C)N(C)I. The molecule has 0 rings (SSSR count). The van der Waals surface area contributed by atoms with Gasteiger partial charge in [-0.25, -0.2) is 7.50 Å². The highest BCUT2D eigenvalue weighted by molar-refractivity contribution is 14.1. The van der Waals surface area contributed by atoms with Crippen LogP contribution in [0.15, 0.2) is 0 Å². The van der Waals surface area contributed by atoms with Gasteiger partial charge in [-0.05, 0) is 33.2 Å². The minimum absolute atomic E-state index is 0.486. The first-order valence-corrected chi connectivity index (χ1v) is 5.07. The Morgan fingerprint density at radius 1 is 1.45 bits per heavy atom. The van der Waals surface area contributed by atoms with Crippen LogP contribution in [0.1, 0.15) is 33.1 Å². The zero-order chi connectivity index (χ0) is 8.85. The fourth-order valence-corrected chi connectivity index (χ4v) is 1.08. The van der Waals surface area contributed by atoms with Crippen molar-refractivity contribution in [3.8, 4) is 0 Å². The molecule has 0 aromatic rings. The quantitative estimate of drug-likeness (QED) is 0.549. The summed E-state index contributed by atoms with van der Waals surface area (Å²) >= 11 is 2.24. The molecule has 0 saturated heterocycles. The minimum atomic E-state index is -0.603. The number of halogens is 2. The maximum Gasteiger partial charge on any atom is 0.0999 e. The molecule has 11 heavy (non-hydrogen) atoms. The molecule has 0 saturated carbocycles. The average molecular weight is 273 g/mol. The van der Waals surface area contributed by atoms with Crippen LogP contribution in [0.2, 0.25) is 0 Å². The van der Waals surface area contributed by atoms with Crippen molar-refractivity contribution < 1.29 is 4.39 Å². The van der Waals surface area contributed by atoms with Crippen LogP contribution in [0.4, 0.5) is 4.39 Å². The summed E-state index contributed by atoms with van der Waals surface area (Å²) in [5.41, 5.74) is 0. The summed E-state index contributed by atoms with van der Waals surface area (Å²) in [6, 6.07) is 0.486. The molecule has 0 spiro atoms. The van der Waals surface area contributed by atoms with Crippen molar-refractivity contribution in [3.05, 3.63) is 0 Å². The van der Waals surface area contributed by atoms with Gasteiger partial charge in [0.25, 0.3) is 0 Å². The molecule has 1 nitrogen and oxygen atoms in total. The fraction of sp³-hybridized carbons (Fsp3) is 1.00. The molecular weight excluding hydrogens is 256 g/mol. The molecule has 0 aromatic heterocycles. The first kappa shape index (κ1) is 11.6. The fourth-order valence-electron chi connectivity index (χ4n) is 0.804. The summed E-state index contributed by atoms with van der Waals surface area (Å²) in [7, 11) is 2.02. The normalized spacial score (nSPS) is 16.9. The maximum atomic E-state index is 12.7. The highest BCUT2D eigenvalue weighted by atomic mass is 127. The molecule has 0 aliphatic rings. The number of rotatable bonds is 5. The first-order chi connectivity index (χ1) is 5.07. The van der Waals surface area contributed by atoms with Crippen LogP contribution < -0.4 is 0 Å². The van der Waals surface area contributed by atoms with Crippen LogP contribution in [-0.4, -0.2) is 22.4 Å². The predicted molar refractivity (Wildman–Crippen MR) is 55.7 cm³/mol. The summed E-state index contributed by atoms with van der Waals surface area (Å²) in [6.45, 7) is 4.01. The monoisotopic (exact) mass is 273 g/mol. The summed E-state index contributed by atoms with van der Waals surface area (Å²) in [4.78, 5) is 0. The second-order valence-corrected chi connectivity index (χ2v) is 4.48. The van der Waals surface area contributed by atoms with Gasteiger partial charge in [-0.15, -0.1) is 0 Å². The molecule has 1 unspecified atom stereocenters. The van der Waals surface area contributed by atoms with E-state index in [1.165, 1.54) is 0 Å². The molecule has 0 radical (unpaired) electrons. The molecule has 3 heteroatoms. The van der Waals surface area contributed by atoms with Gasteiger partial charge in [0.05, 0.1) is 6.17 Å². The summed E-state index contributed by atoms with van der Waals surface area (Å²) < 4.78 is 14.8. The van der Waals surface area contributed by atoms with Crippen LogP contribution in [0.25, 0.3) is 0 Å². The molecule has 68 valence electrons. The molecule has 0 fully saturated rings. The largest absolute Gasteiger partial charge is 0.248 e. The second-order valence-electron chi connectivity index (χ2n) is 2.96. The number of hydrogen-bond acceptors (Lipinski definition) is 1. The standard InChI is InChI=1S/C8H17FIN/c1-4-8(9)6-5-7(2)11(3)10/h7-8H,4-6H2,1-3H3/t7-,8?/m0/s1. The van der Waals surface area contributed by atoms with E-state index in [2.05, 4.69) is 32.9 Å². The number of nitrogens with zero attached hydrogens (tertiary/aromatic N) is 1. The lowest BCUT2D eigenvalue weighted by molar-refractivity contribution is 0.278. The van der Waals surface area contributed by atoms with Crippen molar-refractivity contribution in [1.29, 1.82) is 0 Å². The van der Waals surface area contributed by atoms with Crippen molar-refractivity contribution >= 4 is 22.9 Å². The van der Waals surface area contributed by atoms with E-state index < -0.39 is 6.17 Å². The third kappa shape index (κ3) is 5.84. The molecule has 0 aromatic carbocycles. The van der Waals surface area contributed by atoms with E-state index in [1.54, 1.807) is 0 Å². The second kappa shape index (κ2) is 6.17. The van der Waals surface area contributed by atoms with E-state index in [4.69, 9.17) is 0 Å². The summed E-state index contributed by atoms with van der Waals surface area (Å²) in [5.74, 6) is 0. The Morgan fingerprint density at radius 2 is 2.00 bits per heavy atom. The van der Waals surface area contributed by atoms with Crippen molar-refractivity contribution in [2.45, 2.75) is 45.3 Å². The molecule has 0 aliphatic carbocycles. The first-order valence-electron chi connectivity index (χ1n) is 4.10. The van der Waals surface area contributed by atoms with Gasteiger partial charge in [0.1, 0.15) is 0 Å². The smallest absolute Gasteiger partial charge is 0.0999 e. The van der Waals surface area contributed by atoms with E-state index in [9.17, 15) is 4.39 Å². The van der Waals surface area contributed by atoms with Crippen LogP contribution in [0.3, 0.4) is 0 Å². The van der Waals surface area contributed by atoms with Crippen molar-refractivity contribution in [2.24, 2.45) is 0 Å². The minimum Gasteiger partial charge on any atom is -0.248 e. The molecule has 2 atom stereocenters. The van der Waals surface area contributed by atoms with Gasteiger partial charge < -0.3 is 0 Å². The molecular formula is C8H17FIN. The van der Waals surface area contributed by atoms with Gasteiger partial charge in [-0.1, -0.05) is 6.92 Å². The third-order valence-electron chi connectivity index (χ3n) is 1.95. The van der Waals surface area contributed by atoms with Gasteiger partial charge >= 0.3 is 0 Å². The Kier molecular flexibility index (Phi) is 6.52. The molecule has 0 N–H and O–H groups in total. The van der Waals surface area contributed by atoms with Crippen molar-refractivity contribution in [3.63, 3.8) is 0 Å². The zero-order valence-corrected chi connectivity index (χ0v) is 9.64. The Labute approximate surface area is 82.8 Å². The average Bonchev–Trinajstić information content (AvgIpc) is 1.99. The van der Waals surface area contributed by atoms with Gasteiger partial charge in [0, 0.05) is 28.9 Å². The van der Waals surface area contributed by atoms with Crippen LogP contribution in [0, 0.1) is 0 Å². The van der Waals surface area contributed by atoms with E-state index in [-0.39, 0.29) is 0 Å². The van der Waals surface area contributed by atoms with E-state index in [0.29, 0.717) is 18.9 Å². The zero-order valence-electron chi connectivity index (χ0n) is 7.48. The van der Waals surface area contributed by atoms with Gasteiger partial charge in [0.2, 0.25) is 0 Å². The highest BCUT2D eigenvalue weighted by Crippen LogP contribution is 2.13. The van der Waals surface area contributed by atoms with Crippen LogP contribution >= 0.6 is 22.9 Å². The van der Waals surface area contributed by atoms with E-state index >= 15 is 0 Å². The number of alkyl halides is 1. The molecule has 0 aliphatic heterocycles. The summed E-state index contributed by atoms with van der Waals surface area (Å²) in [6.07, 6.45) is 1.70. The van der Waals surface area contributed by atoms with E-state index in [1.807, 2.05) is 14.0 Å². The lowest BCUT2D eigenvalue weighted by Gasteiger charge is -2.17. The number of hydrogen-bond donors (Lipinski definition) is 0. The topological polar surface area (TPSA) is 3.24 Å². The van der Waals surface area contributed by atoms with Crippen LogP contribution in [-0.2, 0) is 0 Å². The Hall–Kier alpha value is 0.620. The summed E-state index contributed by atoms with van der Waals surface area (Å²) in [5, 5.41) is 0. The Bertz CT molecular complexity index is 98.1.